The highest BCUT2D eigenvalue weighted by atomic mass is 19.1. The van der Waals surface area contributed by atoms with E-state index in [1.54, 1.807) is 6.07 Å². The Balaban J connectivity index is 2.02. The molecule has 18 heavy (non-hydrogen) atoms. The Morgan fingerprint density at radius 3 is 2.94 bits per heavy atom. The van der Waals surface area contributed by atoms with Crippen LogP contribution >= 0.6 is 0 Å². The highest BCUT2D eigenvalue weighted by molar-refractivity contribution is 5.76. The maximum Gasteiger partial charge on any atom is 0.221 e. The number of amides is 1. The molecule has 0 aromatic heterocycles. The second kappa shape index (κ2) is 5.35. The molecule has 1 heterocycles. The van der Waals surface area contributed by atoms with Gasteiger partial charge in [-0.1, -0.05) is 6.07 Å². The number of nitrogens with two attached hydrogens (primary N) is 2. The molecule has 1 aromatic carbocycles. The molecule has 1 aromatic rings. The molecule has 5 heteroatoms. The maximum absolute atomic E-state index is 12.9. The second-order valence-electron chi connectivity index (χ2n) is 4.82. The van der Waals surface area contributed by atoms with Gasteiger partial charge in [0.05, 0.1) is 5.92 Å². The number of carbonyl (C=O) groups is 1. The van der Waals surface area contributed by atoms with Gasteiger partial charge in [0, 0.05) is 18.8 Å². The van der Waals surface area contributed by atoms with E-state index in [0.717, 1.165) is 24.9 Å². The number of primary amides is 1. The summed E-state index contributed by atoms with van der Waals surface area (Å²) < 4.78 is 12.9. The number of halogens is 1. The Morgan fingerprint density at radius 1 is 1.50 bits per heavy atom. The number of benzene rings is 1. The fourth-order valence-electron chi connectivity index (χ4n) is 2.38. The van der Waals surface area contributed by atoms with Crippen molar-refractivity contribution in [3.05, 3.63) is 29.6 Å². The van der Waals surface area contributed by atoms with Gasteiger partial charge < -0.3 is 11.5 Å². The molecule has 0 aliphatic carbocycles. The molecule has 1 saturated heterocycles. The SMILES string of the molecule is NC(=O)C1CCCN(Cc2ccc(F)cc2N)C1. The molecule has 2 rings (SSSR count). The highest BCUT2D eigenvalue weighted by Gasteiger charge is 2.24. The second-order valence-corrected chi connectivity index (χ2v) is 4.82. The fraction of sp³-hybridized carbons (Fsp3) is 0.462. The minimum atomic E-state index is -0.329. The summed E-state index contributed by atoms with van der Waals surface area (Å²) >= 11 is 0. The van der Waals surface area contributed by atoms with Gasteiger partial charge in [-0.2, -0.15) is 0 Å². The van der Waals surface area contributed by atoms with E-state index < -0.39 is 0 Å². The average Bonchev–Trinajstić information content (AvgIpc) is 2.33. The third-order valence-corrected chi connectivity index (χ3v) is 3.41. The van der Waals surface area contributed by atoms with Gasteiger partial charge >= 0.3 is 0 Å². The number of anilines is 1. The van der Waals surface area contributed by atoms with Crippen LogP contribution in [-0.2, 0) is 11.3 Å². The molecule has 4 nitrogen and oxygen atoms in total. The van der Waals surface area contributed by atoms with Gasteiger partial charge in [0.2, 0.25) is 5.91 Å². The molecule has 0 radical (unpaired) electrons. The number of rotatable bonds is 3. The zero-order chi connectivity index (χ0) is 13.1. The molecular weight excluding hydrogens is 233 g/mol. The van der Waals surface area contributed by atoms with Crippen LogP contribution in [0.5, 0.6) is 0 Å². The van der Waals surface area contributed by atoms with Crippen molar-refractivity contribution in [2.45, 2.75) is 19.4 Å². The zero-order valence-electron chi connectivity index (χ0n) is 10.2. The van der Waals surface area contributed by atoms with Gasteiger partial charge in [0.15, 0.2) is 0 Å². The van der Waals surface area contributed by atoms with Gasteiger partial charge in [0.25, 0.3) is 0 Å². The molecule has 4 N–H and O–H groups in total. The molecule has 1 aliphatic rings. The van der Waals surface area contributed by atoms with Crippen LogP contribution in [0.2, 0.25) is 0 Å². The zero-order valence-corrected chi connectivity index (χ0v) is 10.2. The molecule has 1 atom stereocenters. The Hall–Kier alpha value is -1.62. The number of carbonyl (C=O) groups excluding carboxylic acids is 1. The number of nitrogens with zero attached hydrogens (tertiary/aromatic N) is 1. The normalized spacial score (nSPS) is 20.8. The molecule has 0 bridgehead atoms. The summed E-state index contributed by atoms with van der Waals surface area (Å²) in [6.45, 7) is 2.21. The van der Waals surface area contributed by atoms with Gasteiger partial charge in [-0.15, -0.1) is 0 Å². The lowest BCUT2D eigenvalue weighted by Crippen LogP contribution is -2.40. The van der Waals surface area contributed by atoms with Crippen molar-refractivity contribution in [1.82, 2.24) is 4.90 Å². The first-order valence-corrected chi connectivity index (χ1v) is 6.12. The predicted octanol–water partition coefficient (Wildman–Crippen LogP) is 1.11. The van der Waals surface area contributed by atoms with Gasteiger partial charge in [-0.3, -0.25) is 9.69 Å². The van der Waals surface area contributed by atoms with Crippen molar-refractivity contribution in [3.63, 3.8) is 0 Å². The molecule has 0 saturated carbocycles. The summed E-state index contributed by atoms with van der Waals surface area (Å²) in [5, 5.41) is 0. The van der Waals surface area contributed by atoms with E-state index in [2.05, 4.69) is 4.90 Å². The average molecular weight is 251 g/mol. The summed E-state index contributed by atoms with van der Waals surface area (Å²) in [7, 11) is 0. The van der Waals surface area contributed by atoms with Crippen LogP contribution in [0.25, 0.3) is 0 Å². The van der Waals surface area contributed by atoms with Crippen molar-refractivity contribution in [2.75, 3.05) is 18.8 Å². The minimum absolute atomic E-state index is 0.0829. The third kappa shape index (κ3) is 2.98. The van der Waals surface area contributed by atoms with Crippen LogP contribution in [0.15, 0.2) is 18.2 Å². The Labute approximate surface area is 106 Å². The lowest BCUT2D eigenvalue weighted by atomic mass is 9.97. The first-order valence-electron chi connectivity index (χ1n) is 6.12. The largest absolute Gasteiger partial charge is 0.398 e. The number of nitrogen functional groups attached to an aromatic ring is 1. The van der Waals surface area contributed by atoms with Gasteiger partial charge in [0.1, 0.15) is 5.82 Å². The number of hydrogen-bond donors (Lipinski definition) is 2. The molecule has 1 amide bonds. The van der Waals surface area contributed by atoms with E-state index in [1.807, 2.05) is 0 Å². The molecular formula is C13H18FN3O. The van der Waals surface area contributed by atoms with Gasteiger partial charge in [-0.05, 0) is 37.1 Å². The van der Waals surface area contributed by atoms with Crippen LogP contribution in [-0.4, -0.2) is 23.9 Å². The highest BCUT2D eigenvalue weighted by Crippen LogP contribution is 2.21. The molecule has 0 spiro atoms. The van der Waals surface area contributed by atoms with E-state index in [4.69, 9.17) is 11.5 Å². The molecule has 1 fully saturated rings. The van der Waals surface area contributed by atoms with E-state index >= 15 is 0 Å². The lowest BCUT2D eigenvalue weighted by Gasteiger charge is -2.31. The molecule has 1 aliphatic heterocycles. The summed E-state index contributed by atoms with van der Waals surface area (Å²) in [6, 6.07) is 4.42. The van der Waals surface area contributed by atoms with Crippen LogP contribution in [0.1, 0.15) is 18.4 Å². The first-order chi connectivity index (χ1) is 8.56. The van der Waals surface area contributed by atoms with E-state index in [0.29, 0.717) is 18.8 Å². The third-order valence-electron chi connectivity index (χ3n) is 3.41. The smallest absolute Gasteiger partial charge is 0.221 e. The summed E-state index contributed by atoms with van der Waals surface area (Å²) in [4.78, 5) is 13.3. The van der Waals surface area contributed by atoms with Gasteiger partial charge in [-0.25, -0.2) is 4.39 Å². The fourth-order valence-corrected chi connectivity index (χ4v) is 2.38. The maximum atomic E-state index is 12.9. The summed E-state index contributed by atoms with van der Waals surface area (Å²) in [5.41, 5.74) is 12.5. The Bertz CT molecular complexity index is 450. The van der Waals surface area contributed by atoms with E-state index in [-0.39, 0.29) is 17.6 Å². The van der Waals surface area contributed by atoms with Crippen LogP contribution in [0.3, 0.4) is 0 Å². The van der Waals surface area contributed by atoms with Crippen molar-refractivity contribution < 1.29 is 9.18 Å². The number of likely N-dealkylation sites (tertiary alicyclic amines) is 1. The van der Waals surface area contributed by atoms with Crippen LogP contribution in [0, 0.1) is 11.7 Å². The lowest BCUT2D eigenvalue weighted by molar-refractivity contribution is -0.123. The van der Waals surface area contributed by atoms with E-state index in [9.17, 15) is 9.18 Å². The Morgan fingerprint density at radius 2 is 2.28 bits per heavy atom. The number of hydrogen-bond acceptors (Lipinski definition) is 3. The van der Waals surface area contributed by atoms with Crippen LogP contribution < -0.4 is 11.5 Å². The van der Waals surface area contributed by atoms with Crippen molar-refractivity contribution in [1.29, 1.82) is 0 Å². The minimum Gasteiger partial charge on any atom is -0.398 e. The standard InChI is InChI=1S/C13H18FN3O/c14-11-4-3-9(12(15)6-11)7-17-5-1-2-10(8-17)13(16)18/h3-4,6,10H,1-2,5,7-8,15H2,(H2,16,18). The predicted molar refractivity (Wildman–Crippen MR) is 68.0 cm³/mol. The topological polar surface area (TPSA) is 72.4 Å². The van der Waals surface area contributed by atoms with Crippen molar-refractivity contribution in [2.24, 2.45) is 11.7 Å². The molecule has 1 unspecified atom stereocenters. The molecule has 98 valence electrons. The summed E-state index contributed by atoms with van der Waals surface area (Å²) in [5.74, 6) is -0.655. The number of piperidine rings is 1. The van der Waals surface area contributed by atoms with Crippen molar-refractivity contribution in [3.8, 4) is 0 Å². The first kappa shape index (κ1) is 12.8. The van der Waals surface area contributed by atoms with Crippen LogP contribution in [0.4, 0.5) is 10.1 Å². The van der Waals surface area contributed by atoms with Crippen molar-refractivity contribution >= 4 is 11.6 Å². The van der Waals surface area contributed by atoms with E-state index in [1.165, 1.54) is 12.1 Å². The summed E-state index contributed by atoms with van der Waals surface area (Å²) in [6.07, 6.45) is 1.80. The monoisotopic (exact) mass is 251 g/mol. The Kier molecular flexibility index (Phi) is 3.81. The quantitative estimate of drug-likeness (QED) is 0.790.